The summed E-state index contributed by atoms with van der Waals surface area (Å²) in [5, 5.41) is 3.42. The Morgan fingerprint density at radius 1 is 1.27 bits per heavy atom. The molecule has 2 aromatic rings. The highest BCUT2D eigenvalue weighted by atomic mass is 35.5. The number of H-pyrrole nitrogens is 1. The molecule has 22 heavy (non-hydrogen) atoms. The van der Waals surface area contributed by atoms with Crippen molar-refractivity contribution in [2.75, 3.05) is 18.4 Å². The van der Waals surface area contributed by atoms with Crippen molar-refractivity contribution in [2.45, 2.75) is 25.4 Å². The standard InChI is InChI=1S/C16H19ClN4O/c17-14-15(18-11-19-16(14)22)20-13-6-8-21(9-7-13)10-12-4-2-1-3-5-12/h1-5,11,13H,6-10H2,(H2,18,19,20,22). The number of halogens is 1. The van der Waals surface area contributed by atoms with Gasteiger partial charge in [0.1, 0.15) is 5.02 Å². The van der Waals surface area contributed by atoms with Gasteiger partial charge >= 0.3 is 0 Å². The maximum atomic E-state index is 11.5. The van der Waals surface area contributed by atoms with Crippen molar-refractivity contribution in [1.29, 1.82) is 0 Å². The molecule has 3 rings (SSSR count). The number of rotatable bonds is 4. The van der Waals surface area contributed by atoms with Gasteiger partial charge < -0.3 is 10.3 Å². The molecule has 0 spiro atoms. The number of benzene rings is 1. The van der Waals surface area contributed by atoms with Crippen molar-refractivity contribution in [1.82, 2.24) is 14.9 Å². The van der Waals surface area contributed by atoms with Crippen molar-refractivity contribution in [3.05, 3.63) is 57.6 Å². The van der Waals surface area contributed by atoms with Crippen LogP contribution in [0.2, 0.25) is 5.02 Å². The lowest BCUT2D eigenvalue weighted by atomic mass is 10.0. The summed E-state index contributed by atoms with van der Waals surface area (Å²) in [4.78, 5) is 20.5. The van der Waals surface area contributed by atoms with E-state index in [1.54, 1.807) is 0 Å². The van der Waals surface area contributed by atoms with Crippen molar-refractivity contribution < 1.29 is 0 Å². The zero-order valence-electron chi connectivity index (χ0n) is 12.3. The van der Waals surface area contributed by atoms with Crippen LogP contribution >= 0.6 is 11.6 Å². The average molecular weight is 319 g/mol. The monoisotopic (exact) mass is 318 g/mol. The Morgan fingerprint density at radius 2 is 2.00 bits per heavy atom. The molecule has 0 saturated carbocycles. The Hall–Kier alpha value is -1.85. The van der Waals surface area contributed by atoms with Gasteiger partial charge in [0, 0.05) is 25.7 Å². The van der Waals surface area contributed by atoms with Gasteiger partial charge in [-0.2, -0.15) is 0 Å². The predicted octanol–water partition coefficient (Wildman–Crippen LogP) is 2.50. The molecule has 0 radical (unpaired) electrons. The lowest BCUT2D eigenvalue weighted by Gasteiger charge is -2.32. The summed E-state index contributed by atoms with van der Waals surface area (Å²) >= 11 is 5.97. The molecule has 1 aliphatic heterocycles. The number of likely N-dealkylation sites (tertiary alicyclic amines) is 1. The summed E-state index contributed by atoms with van der Waals surface area (Å²) in [6.45, 7) is 3.03. The van der Waals surface area contributed by atoms with E-state index in [-0.39, 0.29) is 10.6 Å². The van der Waals surface area contributed by atoms with Crippen LogP contribution in [0.4, 0.5) is 5.82 Å². The summed E-state index contributed by atoms with van der Waals surface area (Å²) in [5.41, 5.74) is 1.04. The van der Waals surface area contributed by atoms with Crippen LogP contribution in [0.5, 0.6) is 0 Å². The van der Waals surface area contributed by atoms with Gasteiger partial charge in [0.05, 0.1) is 6.33 Å². The van der Waals surface area contributed by atoms with Gasteiger partial charge in [-0.1, -0.05) is 41.9 Å². The van der Waals surface area contributed by atoms with Crippen molar-refractivity contribution in [3.63, 3.8) is 0 Å². The molecule has 0 aliphatic carbocycles. The summed E-state index contributed by atoms with van der Waals surface area (Å²) in [6.07, 6.45) is 3.40. The normalized spacial score (nSPS) is 16.6. The minimum Gasteiger partial charge on any atom is -0.366 e. The van der Waals surface area contributed by atoms with Gasteiger partial charge in [-0.15, -0.1) is 0 Å². The number of hydrogen-bond donors (Lipinski definition) is 2. The first kappa shape index (κ1) is 15.1. The first-order valence-electron chi connectivity index (χ1n) is 7.48. The van der Waals surface area contributed by atoms with Crippen molar-refractivity contribution in [2.24, 2.45) is 0 Å². The van der Waals surface area contributed by atoms with E-state index < -0.39 is 0 Å². The van der Waals surface area contributed by atoms with E-state index in [9.17, 15) is 4.79 Å². The fraction of sp³-hybridized carbons (Fsp3) is 0.375. The molecule has 1 aromatic heterocycles. The first-order valence-corrected chi connectivity index (χ1v) is 7.86. The van der Waals surface area contributed by atoms with Crippen LogP contribution in [-0.2, 0) is 6.54 Å². The number of aromatic nitrogens is 2. The third kappa shape index (κ3) is 3.67. The zero-order valence-corrected chi connectivity index (χ0v) is 13.0. The topological polar surface area (TPSA) is 61.0 Å². The van der Waals surface area contributed by atoms with E-state index in [1.165, 1.54) is 11.9 Å². The lowest BCUT2D eigenvalue weighted by molar-refractivity contribution is 0.211. The molecule has 0 amide bonds. The highest BCUT2D eigenvalue weighted by Gasteiger charge is 2.20. The second-order valence-corrected chi connectivity index (χ2v) is 5.95. The third-order valence-corrected chi connectivity index (χ3v) is 4.32. The molecule has 1 fully saturated rings. The molecule has 1 aliphatic rings. The Morgan fingerprint density at radius 3 is 2.73 bits per heavy atom. The van der Waals surface area contributed by atoms with E-state index in [2.05, 4.69) is 44.5 Å². The molecule has 0 bridgehead atoms. The van der Waals surface area contributed by atoms with Crippen molar-refractivity contribution in [3.8, 4) is 0 Å². The second kappa shape index (κ2) is 6.94. The van der Waals surface area contributed by atoms with Gasteiger partial charge in [0.2, 0.25) is 0 Å². The van der Waals surface area contributed by atoms with Gasteiger partial charge in [-0.3, -0.25) is 9.69 Å². The van der Waals surface area contributed by atoms with Crippen LogP contribution in [-0.4, -0.2) is 34.0 Å². The average Bonchev–Trinajstić information content (AvgIpc) is 2.55. The SMILES string of the molecule is O=c1[nH]cnc(NC2CCN(Cc3ccccc3)CC2)c1Cl. The Kier molecular flexibility index (Phi) is 4.75. The highest BCUT2D eigenvalue weighted by Crippen LogP contribution is 2.19. The summed E-state index contributed by atoms with van der Waals surface area (Å²) in [6, 6.07) is 10.8. The summed E-state index contributed by atoms with van der Waals surface area (Å²) in [5.74, 6) is 0.479. The molecule has 1 saturated heterocycles. The number of piperidine rings is 1. The maximum absolute atomic E-state index is 11.5. The van der Waals surface area contributed by atoms with Crippen LogP contribution in [0, 0.1) is 0 Å². The number of nitrogens with zero attached hydrogens (tertiary/aromatic N) is 2. The second-order valence-electron chi connectivity index (χ2n) is 5.57. The Balaban J connectivity index is 1.54. The number of nitrogens with one attached hydrogen (secondary N) is 2. The van der Waals surface area contributed by atoms with Gasteiger partial charge in [-0.25, -0.2) is 4.98 Å². The van der Waals surface area contributed by atoms with E-state index in [0.717, 1.165) is 32.5 Å². The Bertz CT molecular complexity index is 665. The molecule has 5 nitrogen and oxygen atoms in total. The molecule has 2 heterocycles. The van der Waals surface area contributed by atoms with Crippen LogP contribution < -0.4 is 10.9 Å². The fourth-order valence-corrected chi connectivity index (χ4v) is 2.91. The van der Waals surface area contributed by atoms with Crippen LogP contribution in [0.25, 0.3) is 0 Å². The fourth-order valence-electron chi connectivity index (χ4n) is 2.75. The highest BCUT2D eigenvalue weighted by molar-refractivity contribution is 6.32. The minimum absolute atomic E-state index is 0.134. The van der Waals surface area contributed by atoms with E-state index in [4.69, 9.17) is 11.6 Å². The zero-order chi connectivity index (χ0) is 15.4. The van der Waals surface area contributed by atoms with Crippen molar-refractivity contribution >= 4 is 17.4 Å². The first-order chi connectivity index (χ1) is 10.7. The van der Waals surface area contributed by atoms with E-state index in [1.807, 2.05) is 6.07 Å². The summed E-state index contributed by atoms with van der Waals surface area (Å²) < 4.78 is 0. The number of anilines is 1. The molecule has 116 valence electrons. The van der Waals surface area contributed by atoms with Crippen LogP contribution in [0.1, 0.15) is 18.4 Å². The van der Waals surface area contributed by atoms with Gasteiger partial charge in [0.15, 0.2) is 5.82 Å². The summed E-state index contributed by atoms with van der Waals surface area (Å²) in [7, 11) is 0. The quantitative estimate of drug-likeness (QED) is 0.909. The van der Waals surface area contributed by atoms with Gasteiger partial charge in [-0.05, 0) is 18.4 Å². The largest absolute Gasteiger partial charge is 0.366 e. The molecule has 0 unspecified atom stereocenters. The molecule has 2 N–H and O–H groups in total. The van der Waals surface area contributed by atoms with E-state index in [0.29, 0.717) is 11.9 Å². The van der Waals surface area contributed by atoms with Crippen LogP contribution in [0.3, 0.4) is 0 Å². The predicted molar refractivity (Wildman–Crippen MR) is 88.2 cm³/mol. The third-order valence-electron chi connectivity index (χ3n) is 3.97. The number of hydrogen-bond acceptors (Lipinski definition) is 4. The minimum atomic E-state index is -0.305. The molecule has 0 atom stereocenters. The van der Waals surface area contributed by atoms with E-state index >= 15 is 0 Å². The Labute approximate surface area is 134 Å². The molecule has 1 aromatic carbocycles. The lowest BCUT2D eigenvalue weighted by Crippen LogP contribution is -2.39. The molecular formula is C16H19ClN4O. The van der Waals surface area contributed by atoms with Crippen LogP contribution in [0.15, 0.2) is 41.5 Å². The molecule has 6 heteroatoms. The molecular weight excluding hydrogens is 300 g/mol. The smallest absolute Gasteiger partial charge is 0.271 e. The maximum Gasteiger partial charge on any atom is 0.271 e. The number of aromatic amines is 1. The van der Waals surface area contributed by atoms with Gasteiger partial charge in [0.25, 0.3) is 5.56 Å².